The van der Waals surface area contributed by atoms with E-state index >= 15 is 0 Å². The van der Waals surface area contributed by atoms with Crippen molar-refractivity contribution in [1.29, 1.82) is 0 Å². The predicted octanol–water partition coefficient (Wildman–Crippen LogP) is 6.40. The van der Waals surface area contributed by atoms with Crippen molar-refractivity contribution >= 4 is 40.6 Å². The monoisotopic (exact) mass is 468 g/mol. The summed E-state index contributed by atoms with van der Waals surface area (Å²) >= 11 is 1.43. The van der Waals surface area contributed by atoms with Crippen molar-refractivity contribution in [2.75, 3.05) is 23.1 Å². The maximum atomic E-state index is 13.2. The van der Waals surface area contributed by atoms with Gasteiger partial charge < -0.3 is 10.1 Å². The third-order valence-corrected chi connectivity index (χ3v) is 6.04. The molecule has 6 heteroatoms. The van der Waals surface area contributed by atoms with Crippen LogP contribution in [0.4, 0.5) is 17.1 Å². The van der Waals surface area contributed by atoms with Gasteiger partial charge in [-0.2, -0.15) is 0 Å². The number of hydrogen-bond acceptors (Lipinski definition) is 4. The molecule has 0 heterocycles. The molecule has 0 saturated heterocycles. The Morgan fingerprint density at radius 3 is 2.09 bits per heavy atom. The Morgan fingerprint density at radius 1 is 0.794 bits per heavy atom. The molecule has 0 radical (unpaired) electrons. The fraction of sp³-hybridized carbons (Fsp3) is 0.0714. The Morgan fingerprint density at radius 2 is 1.44 bits per heavy atom. The summed E-state index contributed by atoms with van der Waals surface area (Å²) in [6, 6.07) is 33.7. The first-order valence-electron chi connectivity index (χ1n) is 10.8. The van der Waals surface area contributed by atoms with Crippen LogP contribution in [-0.2, 0) is 4.79 Å². The largest absolute Gasteiger partial charge is 0.497 e. The normalized spacial score (nSPS) is 10.4. The lowest BCUT2D eigenvalue weighted by Crippen LogP contribution is -2.27. The van der Waals surface area contributed by atoms with Gasteiger partial charge in [0, 0.05) is 27.5 Å². The number of nitrogens with zero attached hydrogens (tertiary/aromatic N) is 1. The standard InChI is InChI=1S/C28H24N2O3S/c1-33-25-16-8-10-21(18-25)28(32)29-22-11-9-17-26(19-22)34-20-27(31)30(23-12-4-2-5-13-23)24-14-6-3-7-15-24/h2-19H,20H2,1H3,(H,29,32). The number of hydrogen-bond donors (Lipinski definition) is 1. The van der Waals surface area contributed by atoms with E-state index in [1.54, 1.807) is 36.3 Å². The quantitative estimate of drug-likeness (QED) is 0.304. The SMILES string of the molecule is COc1cccc(C(=O)Nc2cccc(SCC(=O)N(c3ccccc3)c3ccccc3)c2)c1. The Hall–Kier alpha value is -4.03. The number of anilines is 3. The number of carbonyl (C=O) groups is 2. The van der Waals surface area contributed by atoms with Crippen LogP contribution < -0.4 is 15.0 Å². The molecule has 0 aromatic heterocycles. The fourth-order valence-electron chi connectivity index (χ4n) is 3.43. The van der Waals surface area contributed by atoms with Gasteiger partial charge in [-0.15, -0.1) is 11.8 Å². The van der Waals surface area contributed by atoms with Crippen LogP contribution in [0.15, 0.2) is 114 Å². The van der Waals surface area contributed by atoms with Crippen molar-refractivity contribution in [3.63, 3.8) is 0 Å². The molecule has 1 N–H and O–H groups in total. The number of nitrogens with one attached hydrogen (secondary N) is 1. The fourth-order valence-corrected chi connectivity index (χ4v) is 4.24. The van der Waals surface area contributed by atoms with Gasteiger partial charge in [0.05, 0.1) is 12.9 Å². The van der Waals surface area contributed by atoms with Crippen LogP contribution in [0.2, 0.25) is 0 Å². The van der Waals surface area contributed by atoms with Crippen LogP contribution >= 0.6 is 11.8 Å². The Kier molecular flexibility index (Phi) is 7.63. The lowest BCUT2D eigenvalue weighted by atomic mass is 10.2. The molecule has 0 atom stereocenters. The minimum Gasteiger partial charge on any atom is -0.497 e. The van der Waals surface area contributed by atoms with Crippen molar-refractivity contribution in [1.82, 2.24) is 0 Å². The van der Waals surface area contributed by atoms with Gasteiger partial charge in [-0.1, -0.05) is 48.5 Å². The third kappa shape index (κ3) is 5.85. The number of amides is 2. The highest BCUT2D eigenvalue weighted by molar-refractivity contribution is 8.00. The maximum Gasteiger partial charge on any atom is 0.255 e. The van der Waals surface area contributed by atoms with E-state index in [0.717, 1.165) is 16.3 Å². The Balaban J connectivity index is 1.45. The Labute approximate surface area is 203 Å². The zero-order chi connectivity index (χ0) is 23.8. The molecule has 0 aliphatic rings. The summed E-state index contributed by atoms with van der Waals surface area (Å²) in [5.74, 6) is 0.610. The average Bonchev–Trinajstić information content (AvgIpc) is 2.89. The van der Waals surface area contributed by atoms with Crippen LogP contribution in [0.5, 0.6) is 5.75 Å². The maximum absolute atomic E-state index is 13.2. The molecule has 2 amide bonds. The third-order valence-electron chi connectivity index (χ3n) is 5.06. The summed E-state index contributed by atoms with van der Waals surface area (Å²) in [7, 11) is 1.57. The summed E-state index contributed by atoms with van der Waals surface area (Å²) in [5.41, 5.74) is 2.80. The molecular formula is C28H24N2O3S. The highest BCUT2D eigenvalue weighted by Gasteiger charge is 2.18. The van der Waals surface area contributed by atoms with Crippen LogP contribution in [0.3, 0.4) is 0 Å². The number of para-hydroxylation sites is 2. The van der Waals surface area contributed by atoms with Gasteiger partial charge in [-0.05, 0) is 60.7 Å². The minimum atomic E-state index is -0.226. The smallest absolute Gasteiger partial charge is 0.255 e. The van der Waals surface area contributed by atoms with E-state index in [4.69, 9.17) is 4.74 Å². The summed E-state index contributed by atoms with van der Waals surface area (Å²) in [5, 5.41) is 2.91. The molecular weight excluding hydrogens is 444 g/mol. The van der Waals surface area contributed by atoms with E-state index < -0.39 is 0 Å². The summed E-state index contributed by atoms with van der Waals surface area (Å²) in [6.45, 7) is 0. The number of carbonyl (C=O) groups excluding carboxylic acids is 2. The van der Waals surface area contributed by atoms with E-state index in [2.05, 4.69) is 5.32 Å². The molecule has 0 bridgehead atoms. The first-order chi connectivity index (χ1) is 16.6. The molecule has 0 aliphatic carbocycles. The van der Waals surface area contributed by atoms with E-state index in [1.165, 1.54) is 11.8 Å². The number of benzene rings is 4. The second-order valence-corrected chi connectivity index (χ2v) is 8.45. The number of methoxy groups -OCH3 is 1. The molecule has 0 fully saturated rings. The molecule has 34 heavy (non-hydrogen) atoms. The number of rotatable bonds is 8. The molecule has 0 unspecified atom stereocenters. The van der Waals surface area contributed by atoms with Crippen LogP contribution in [0, 0.1) is 0 Å². The van der Waals surface area contributed by atoms with Crippen LogP contribution in [0.1, 0.15) is 10.4 Å². The molecule has 0 saturated carbocycles. The molecule has 4 aromatic carbocycles. The summed E-state index contributed by atoms with van der Waals surface area (Å²) < 4.78 is 5.19. The first-order valence-corrected chi connectivity index (χ1v) is 11.7. The van der Waals surface area contributed by atoms with Gasteiger partial charge in [0.2, 0.25) is 5.91 Å². The van der Waals surface area contributed by atoms with E-state index in [-0.39, 0.29) is 17.6 Å². The van der Waals surface area contributed by atoms with Crippen molar-refractivity contribution in [3.05, 3.63) is 115 Å². The minimum absolute atomic E-state index is 0.0341. The van der Waals surface area contributed by atoms with Gasteiger partial charge in [0.15, 0.2) is 0 Å². The zero-order valence-electron chi connectivity index (χ0n) is 18.7. The highest BCUT2D eigenvalue weighted by atomic mass is 32.2. The van der Waals surface area contributed by atoms with Crippen molar-refractivity contribution < 1.29 is 14.3 Å². The van der Waals surface area contributed by atoms with E-state index in [9.17, 15) is 9.59 Å². The molecule has 4 aromatic rings. The predicted molar refractivity (Wildman–Crippen MR) is 138 cm³/mol. The van der Waals surface area contributed by atoms with Crippen molar-refractivity contribution in [2.24, 2.45) is 0 Å². The molecule has 5 nitrogen and oxygen atoms in total. The van der Waals surface area contributed by atoms with Gasteiger partial charge in [0.1, 0.15) is 5.75 Å². The molecule has 0 spiro atoms. The second kappa shape index (κ2) is 11.2. The molecule has 170 valence electrons. The zero-order valence-corrected chi connectivity index (χ0v) is 19.5. The average molecular weight is 469 g/mol. The van der Waals surface area contributed by atoms with Gasteiger partial charge in [-0.25, -0.2) is 0 Å². The van der Waals surface area contributed by atoms with Gasteiger partial charge in [-0.3, -0.25) is 14.5 Å². The summed E-state index contributed by atoms with van der Waals surface area (Å²) in [4.78, 5) is 28.5. The Bertz CT molecular complexity index is 1220. The lowest BCUT2D eigenvalue weighted by Gasteiger charge is -2.23. The number of ether oxygens (including phenoxy) is 1. The second-order valence-electron chi connectivity index (χ2n) is 7.40. The van der Waals surface area contributed by atoms with Gasteiger partial charge in [0.25, 0.3) is 5.91 Å². The van der Waals surface area contributed by atoms with Crippen LogP contribution in [-0.4, -0.2) is 24.7 Å². The number of thioether (sulfide) groups is 1. The highest BCUT2D eigenvalue weighted by Crippen LogP contribution is 2.28. The molecule has 0 aliphatic heterocycles. The van der Waals surface area contributed by atoms with Crippen LogP contribution in [0.25, 0.3) is 0 Å². The lowest BCUT2D eigenvalue weighted by molar-refractivity contribution is -0.115. The van der Waals surface area contributed by atoms with E-state index in [0.29, 0.717) is 17.0 Å². The first kappa shape index (κ1) is 23.1. The summed E-state index contributed by atoms with van der Waals surface area (Å²) in [6.07, 6.45) is 0. The molecule has 4 rings (SSSR count). The topological polar surface area (TPSA) is 58.6 Å². The van der Waals surface area contributed by atoms with Crippen molar-refractivity contribution in [3.8, 4) is 5.75 Å². The van der Waals surface area contributed by atoms with Gasteiger partial charge >= 0.3 is 0 Å². The van der Waals surface area contributed by atoms with Crippen molar-refractivity contribution in [2.45, 2.75) is 4.90 Å². The van der Waals surface area contributed by atoms with E-state index in [1.807, 2.05) is 84.9 Å².